The number of esters is 2. The summed E-state index contributed by atoms with van der Waals surface area (Å²) >= 11 is 0. The molecule has 0 saturated carbocycles. The van der Waals surface area contributed by atoms with Gasteiger partial charge < -0.3 is 39.8 Å². The van der Waals surface area contributed by atoms with Gasteiger partial charge in [0, 0.05) is 17.7 Å². The normalized spacial score (nSPS) is 21.6. The van der Waals surface area contributed by atoms with E-state index >= 15 is 19.2 Å². The summed E-state index contributed by atoms with van der Waals surface area (Å²) in [6.45, 7) is 2.74. The number of hydrogen-bond donors (Lipinski definition) is 4. The van der Waals surface area contributed by atoms with Crippen LogP contribution in [0.2, 0.25) is 0 Å². The average molecular weight is 997 g/mol. The Balaban J connectivity index is 1.35. The summed E-state index contributed by atoms with van der Waals surface area (Å²) in [6, 6.07) is 40.3. The van der Waals surface area contributed by atoms with Crippen LogP contribution in [0.15, 0.2) is 158 Å². The number of hydrogen-bond acceptors (Lipinski definition) is 12. The van der Waals surface area contributed by atoms with Crippen molar-refractivity contribution in [3.05, 3.63) is 197 Å². The van der Waals surface area contributed by atoms with E-state index in [1.54, 1.807) is 118 Å². The zero-order valence-corrected chi connectivity index (χ0v) is 41.2. The summed E-state index contributed by atoms with van der Waals surface area (Å²) in [4.78, 5) is 79.5. The minimum atomic E-state index is -2.21. The molecule has 9 rings (SSSR count). The predicted octanol–water partition coefficient (Wildman–Crippen LogP) is 6.89. The van der Waals surface area contributed by atoms with Gasteiger partial charge in [-0.1, -0.05) is 129 Å². The Hall–Kier alpha value is -8.29. The van der Waals surface area contributed by atoms with Crippen molar-refractivity contribution in [2.45, 2.75) is 55.6 Å². The fraction of sp³-hybridized carbons (Fsp3) is 0.271. The lowest BCUT2D eigenvalue weighted by atomic mass is 9.65. The van der Waals surface area contributed by atoms with Gasteiger partial charge in [0.25, 0.3) is 0 Å². The molecule has 15 heteroatoms. The smallest absolute Gasteiger partial charge is 0.329 e. The van der Waals surface area contributed by atoms with Crippen LogP contribution in [0.4, 0.5) is 10.5 Å². The Labute approximate surface area is 429 Å². The minimum Gasteiger partial charge on any atom is -0.497 e. The number of carbonyl (C=O) groups is 5. The number of ether oxygens (including phenoxy) is 4. The van der Waals surface area contributed by atoms with Gasteiger partial charge in [-0.05, 0) is 88.3 Å². The van der Waals surface area contributed by atoms with Crippen LogP contribution in [0.5, 0.6) is 11.5 Å². The van der Waals surface area contributed by atoms with Crippen LogP contribution in [0.25, 0.3) is 0 Å². The van der Waals surface area contributed by atoms with E-state index < -0.39 is 83.4 Å². The summed E-state index contributed by atoms with van der Waals surface area (Å²) in [5.41, 5.74) is 1.33. The van der Waals surface area contributed by atoms with Crippen molar-refractivity contribution < 1.29 is 53.1 Å². The molecule has 378 valence electrons. The Morgan fingerprint density at radius 3 is 2.03 bits per heavy atom. The second-order valence-electron chi connectivity index (χ2n) is 18.6. The van der Waals surface area contributed by atoms with Crippen LogP contribution in [0.1, 0.15) is 77.1 Å². The molecule has 8 atom stereocenters. The number of anilines is 1. The first kappa shape index (κ1) is 50.6. The zero-order valence-electron chi connectivity index (χ0n) is 41.2. The molecule has 3 heterocycles. The molecule has 0 radical (unpaired) electrons. The van der Waals surface area contributed by atoms with Gasteiger partial charge in [-0.25, -0.2) is 14.5 Å². The molecule has 6 aromatic rings. The number of methoxy groups -OCH3 is 2. The maximum atomic E-state index is 16.8. The number of rotatable bonds is 14. The van der Waals surface area contributed by atoms with Crippen molar-refractivity contribution in [1.29, 1.82) is 0 Å². The maximum absolute atomic E-state index is 16.8. The molecule has 3 aliphatic rings. The molecule has 1 spiro atoms. The highest BCUT2D eigenvalue weighted by molar-refractivity contribution is 6.25. The molecule has 6 aromatic carbocycles. The molecule has 0 aliphatic carbocycles. The number of aliphatic hydroxyl groups excluding tert-OH is 2. The van der Waals surface area contributed by atoms with Crippen LogP contribution >= 0.6 is 0 Å². The molecule has 2 saturated heterocycles. The number of aliphatic hydroxyl groups is 2. The summed E-state index contributed by atoms with van der Waals surface area (Å²) < 4.78 is 23.1. The molecule has 8 unspecified atom stereocenters. The number of amides is 4. The van der Waals surface area contributed by atoms with E-state index in [-0.39, 0.29) is 31.0 Å². The highest BCUT2D eigenvalue weighted by Gasteiger charge is 2.75. The Morgan fingerprint density at radius 1 is 0.743 bits per heavy atom. The van der Waals surface area contributed by atoms with E-state index in [9.17, 15) is 15.0 Å². The van der Waals surface area contributed by atoms with E-state index in [0.717, 1.165) is 4.90 Å². The topological polar surface area (TPSA) is 193 Å². The SMILES string of the molecule is COC(=O)C(NC(=O)N1C(=O)C2(c3cc(C#Cc4ccc(OC)cc4)ccc31)C(C(=O)NCC(O)c1ccccc1)C1C(=O)OC(c3ccccc3)C(c3ccccc3)N1C2c1cccc(OCCO)c1)C(C)C. The number of nitrogens with zero attached hydrogens (tertiary/aromatic N) is 2. The van der Waals surface area contributed by atoms with Crippen molar-refractivity contribution in [3.63, 3.8) is 0 Å². The molecule has 4 N–H and O–H groups in total. The number of carbonyl (C=O) groups excluding carboxylic acids is 5. The Kier molecular flexibility index (Phi) is 14.9. The van der Waals surface area contributed by atoms with Gasteiger partial charge in [0.1, 0.15) is 41.7 Å². The van der Waals surface area contributed by atoms with Crippen molar-refractivity contribution in [3.8, 4) is 23.3 Å². The third kappa shape index (κ3) is 9.46. The van der Waals surface area contributed by atoms with Crippen molar-refractivity contribution in [2.75, 3.05) is 38.9 Å². The monoisotopic (exact) mass is 996 g/mol. The largest absolute Gasteiger partial charge is 0.497 e. The van der Waals surface area contributed by atoms with Gasteiger partial charge in [-0.2, -0.15) is 0 Å². The predicted molar refractivity (Wildman–Crippen MR) is 274 cm³/mol. The third-order valence-electron chi connectivity index (χ3n) is 14.0. The lowest BCUT2D eigenvalue weighted by Crippen LogP contribution is -2.58. The lowest BCUT2D eigenvalue weighted by Gasteiger charge is -2.46. The van der Waals surface area contributed by atoms with Crippen LogP contribution in [0, 0.1) is 23.7 Å². The van der Waals surface area contributed by atoms with Crippen LogP contribution in [0.3, 0.4) is 0 Å². The molecule has 74 heavy (non-hydrogen) atoms. The number of urea groups is 1. The van der Waals surface area contributed by atoms with Gasteiger partial charge >= 0.3 is 18.0 Å². The number of nitrogens with one attached hydrogen (secondary N) is 2. The number of fused-ring (bicyclic) bond motifs is 3. The molecule has 0 bridgehead atoms. The van der Waals surface area contributed by atoms with E-state index in [4.69, 9.17) is 18.9 Å². The minimum absolute atomic E-state index is 0.0683. The fourth-order valence-corrected chi connectivity index (χ4v) is 10.7. The second-order valence-corrected chi connectivity index (χ2v) is 18.6. The fourth-order valence-electron chi connectivity index (χ4n) is 10.7. The first-order valence-electron chi connectivity index (χ1n) is 24.4. The zero-order chi connectivity index (χ0) is 52.1. The highest BCUT2D eigenvalue weighted by atomic mass is 16.6. The van der Waals surface area contributed by atoms with Crippen molar-refractivity contribution in [2.24, 2.45) is 11.8 Å². The Bertz CT molecular complexity index is 3090. The maximum Gasteiger partial charge on any atom is 0.329 e. The highest BCUT2D eigenvalue weighted by Crippen LogP contribution is 2.66. The standard InChI is InChI=1S/C59H56N4O11/c1-36(2)49(55(67)72-4)61-58(70)62-46-30-27-38(24-23-37-25-28-43(71-3)29-26-37)33-45(46)59(57(62)69)48(54(66)60-35-47(65)39-15-8-5-9-16-39)51-56(68)74-52(41-19-12-7-13-20-41)50(40-17-10-6-11-18-40)63(51)53(59)42-21-14-22-44(34-42)73-32-31-64/h5-22,25-30,33-34,36,47-53,64-65H,31-32,35H2,1-4H3,(H,60,66)(H,61,70). The second kappa shape index (κ2) is 21.8. The molecular weight excluding hydrogens is 941 g/mol. The van der Waals surface area contributed by atoms with Crippen molar-refractivity contribution in [1.82, 2.24) is 15.5 Å². The summed E-state index contributed by atoms with van der Waals surface area (Å²) in [5.74, 6) is 1.93. The van der Waals surface area contributed by atoms with E-state index in [1.165, 1.54) is 7.11 Å². The number of cyclic esters (lactones) is 1. The molecule has 0 aromatic heterocycles. The van der Waals surface area contributed by atoms with Crippen LogP contribution in [-0.2, 0) is 34.1 Å². The van der Waals surface area contributed by atoms with Gasteiger partial charge in [0.15, 0.2) is 0 Å². The van der Waals surface area contributed by atoms with Gasteiger partial charge in [-0.3, -0.25) is 19.3 Å². The summed E-state index contributed by atoms with van der Waals surface area (Å²) in [7, 11) is 2.76. The molecule has 3 aliphatic heterocycles. The average Bonchev–Trinajstić information content (AvgIpc) is 3.89. The van der Waals surface area contributed by atoms with E-state index in [2.05, 4.69) is 22.5 Å². The summed E-state index contributed by atoms with van der Waals surface area (Å²) in [6.07, 6.45) is -2.20. The van der Waals surface area contributed by atoms with Crippen LogP contribution < -0.4 is 25.0 Å². The quantitative estimate of drug-likeness (QED) is 0.0654. The van der Waals surface area contributed by atoms with Crippen molar-refractivity contribution >= 4 is 35.5 Å². The number of morpholine rings is 1. The third-order valence-corrected chi connectivity index (χ3v) is 14.0. The molecule has 4 amide bonds. The van der Waals surface area contributed by atoms with E-state index in [0.29, 0.717) is 44.9 Å². The Morgan fingerprint density at radius 2 is 1.38 bits per heavy atom. The lowest BCUT2D eigenvalue weighted by molar-refractivity contribution is -0.178. The van der Waals surface area contributed by atoms with Gasteiger partial charge in [0.05, 0.1) is 50.6 Å². The first-order chi connectivity index (χ1) is 35.9. The molecule has 15 nitrogen and oxygen atoms in total. The van der Waals surface area contributed by atoms with Gasteiger partial charge in [0.2, 0.25) is 11.8 Å². The molecule has 2 fully saturated rings. The van der Waals surface area contributed by atoms with E-state index in [1.807, 2.05) is 65.6 Å². The number of imide groups is 1. The van der Waals surface area contributed by atoms with Crippen LogP contribution in [-0.4, -0.2) is 91.0 Å². The number of benzene rings is 6. The summed E-state index contributed by atoms with van der Waals surface area (Å²) in [5, 5.41) is 27.1. The van der Waals surface area contributed by atoms with Gasteiger partial charge in [-0.15, -0.1) is 0 Å². The molecular formula is C59H56N4O11. The first-order valence-corrected chi connectivity index (χ1v) is 24.4.